The van der Waals surface area contributed by atoms with Gasteiger partial charge in [-0.25, -0.2) is 8.42 Å². The van der Waals surface area contributed by atoms with Gasteiger partial charge in [0.15, 0.2) is 9.84 Å². The van der Waals surface area contributed by atoms with Crippen molar-refractivity contribution in [3.8, 4) is 0 Å². The third-order valence-electron chi connectivity index (χ3n) is 3.86. The Labute approximate surface area is 120 Å². The fraction of sp³-hybridized carbons (Fsp3) is 0.571. The molecule has 3 nitrogen and oxygen atoms in total. The summed E-state index contributed by atoms with van der Waals surface area (Å²) < 4.78 is 23.1. The fourth-order valence-electron chi connectivity index (χ4n) is 2.70. The van der Waals surface area contributed by atoms with E-state index in [4.69, 9.17) is 11.6 Å². The summed E-state index contributed by atoms with van der Waals surface area (Å²) in [4.78, 5) is 0. The SMILES string of the molecule is CNC(Cc1ccc(C)cc1Cl)C1CCS(=O)(=O)C1. The summed E-state index contributed by atoms with van der Waals surface area (Å²) in [6.45, 7) is 2.01. The maximum absolute atomic E-state index is 11.6. The zero-order chi connectivity index (χ0) is 14.0. The number of benzene rings is 1. The monoisotopic (exact) mass is 301 g/mol. The van der Waals surface area contributed by atoms with Gasteiger partial charge >= 0.3 is 0 Å². The van der Waals surface area contributed by atoms with Gasteiger partial charge < -0.3 is 5.32 Å². The highest BCUT2D eigenvalue weighted by Gasteiger charge is 2.33. The normalized spacial score (nSPS) is 23.4. The fourth-order valence-corrected chi connectivity index (χ4v) is 4.89. The van der Waals surface area contributed by atoms with E-state index in [1.807, 2.05) is 32.2 Å². The quantitative estimate of drug-likeness (QED) is 0.927. The van der Waals surface area contributed by atoms with Crippen molar-refractivity contribution in [3.63, 3.8) is 0 Å². The number of halogens is 1. The van der Waals surface area contributed by atoms with Gasteiger partial charge in [-0.2, -0.15) is 0 Å². The van der Waals surface area contributed by atoms with Crippen LogP contribution in [0.3, 0.4) is 0 Å². The lowest BCUT2D eigenvalue weighted by Gasteiger charge is -2.22. The van der Waals surface area contributed by atoms with Gasteiger partial charge in [0, 0.05) is 11.1 Å². The van der Waals surface area contributed by atoms with E-state index in [9.17, 15) is 8.42 Å². The smallest absolute Gasteiger partial charge is 0.150 e. The number of aryl methyl sites for hydroxylation is 1. The Hall–Kier alpha value is -0.580. The van der Waals surface area contributed by atoms with Crippen molar-refractivity contribution in [3.05, 3.63) is 34.3 Å². The number of hydrogen-bond acceptors (Lipinski definition) is 3. The van der Waals surface area contributed by atoms with Gasteiger partial charge in [0.1, 0.15) is 0 Å². The molecule has 5 heteroatoms. The minimum absolute atomic E-state index is 0.164. The zero-order valence-electron chi connectivity index (χ0n) is 11.3. The van der Waals surface area contributed by atoms with Gasteiger partial charge in [-0.1, -0.05) is 23.7 Å². The first-order valence-electron chi connectivity index (χ1n) is 6.54. The summed E-state index contributed by atoms with van der Waals surface area (Å²) >= 11 is 6.25. The zero-order valence-corrected chi connectivity index (χ0v) is 12.9. The van der Waals surface area contributed by atoms with E-state index >= 15 is 0 Å². The summed E-state index contributed by atoms with van der Waals surface area (Å²) in [5.41, 5.74) is 2.22. The molecule has 19 heavy (non-hydrogen) atoms. The Morgan fingerprint density at radius 3 is 2.74 bits per heavy atom. The van der Waals surface area contributed by atoms with Crippen molar-refractivity contribution in [2.24, 2.45) is 5.92 Å². The molecule has 1 N–H and O–H groups in total. The molecule has 1 heterocycles. The maximum Gasteiger partial charge on any atom is 0.150 e. The molecule has 0 spiro atoms. The molecule has 2 unspecified atom stereocenters. The average molecular weight is 302 g/mol. The van der Waals surface area contributed by atoms with Crippen molar-refractivity contribution in [1.82, 2.24) is 5.32 Å². The molecule has 0 aliphatic carbocycles. The summed E-state index contributed by atoms with van der Waals surface area (Å²) in [5, 5.41) is 4.01. The van der Waals surface area contributed by atoms with Crippen LogP contribution in [0.15, 0.2) is 18.2 Å². The molecule has 1 fully saturated rings. The summed E-state index contributed by atoms with van der Waals surface area (Å²) in [6, 6.07) is 6.19. The molecular formula is C14H20ClNO2S. The van der Waals surface area contributed by atoms with Gasteiger partial charge in [0.05, 0.1) is 11.5 Å². The highest BCUT2D eigenvalue weighted by atomic mass is 35.5. The second kappa shape index (κ2) is 5.81. The van der Waals surface area contributed by atoms with Crippen molar-refractivity contribution in [2.45, 2.75) is 25.8 Å². The van der Waals surface area contributed by atoms with Crippen LogP contribution < -0.4 is 5.32 Å². The van der Waals surface area contributed by atoms with Crippen molar-refractivity contribution >= 4 is 21.4 Å². The van der Waals surface area contributed by atoms with Crippen molar-refractivity contribution < 1.29 is 8.42 Å². The Balaban J connectivity index is 2.11. The Morgan fingerprint density at radius 2 is 2.21 bits per heavy atom. The topological polar surface area (TPSA) is 46.2 Å². The second-order valence-corrected chi connectivity index (χ2v) is 7.99. The molecule has 0 radical (unpaired) electrons. The molecule has 0 saturated carbocycles. The minimum atomic E-state index is -2.83. The van der Waals surface area contributed by atoms with Gasteiger partial charge in [0.25, 0.3) is 0 Å². The lowest BCUT2D eigenvalue weighted by atomic mass is 9.93. The first-order chi connectivity index (χ1) is 8.91. The molecule has 1 aromatic carbocycles. The van der Waals surface area contributed by atoms with Crippen LogP contribution in [-0.2, 0) is 16.3 Å². The highest BCUT2D eigenvalue weighted by Crippen LogP contribution is 2.26. The van der Waals surface area contributed by atoms with Gasteiger partial charge in [0.2, 0.25) is 0 Å². The molecule has 1 aromatic rings. The molecule has 2 rings (SSSR count). The van der Waals surface area contributed by atoms with Gasteiger partial charge in [-0.05, 0) is 49.9 Å². The number of rotatable bonds is 4. The first kappa shape index (κ1) is 14.8. The van der Waals surface area contributed by atoms with E-state index in [1.54, 1.807) is 0 Å². The molecule has 0 amide bonds. The third-order valence-corrected chi connectivity index (χ3v) is 6.00. The van der Waals surface area contributed by atoms with Crippen molar-refractivity contribution in [2.75, 3.05) is 18.6 Å². The first-order valence-corrected chi connectivity index (χ1v) is 8.74. The van der Waals surface area contributed by atoms with Crippen LogP contribution in [0.25, 0.3) is 0 Å². The lowest BCUT2D eigenvalue weighted by Crippen LogP contribution is -2.36. The van der Waals surface area contributed by atoms with Crippen molar-refractivity contribution in [1.29, 1.82) is 0 Å². The number of likely N-dealkylation sites (N-methyl/N-ethyl adjacent to an activating group) is 1. The average Bonchev–Trinajstić information content (AvgIpc) is 2.69. The second-order valence-electron chi connectivity index (χ2n) is 5.36. The highest BCUT2D eigenvalue weighted by molar-refractivity contribution is 7.91. The Bertz CT molecular complexity index is 557. The molecule has 1 aliphatic rings. The lowest BCUT2D eigenvalue weighted by molar-refractivity contribution is 0.403. The van der Waals surface area contributed by atoms with E-state index in [0.717, 1.165) is 29.0 Å². The molecular weight excluding hydrogens is 282 g/mol. The van der Waals surface area contributed by atoms with Gasteiger partial charge in [-0.15, -0.1) is 0 Å². The van der Waals surface area contributed by atoms with Crippen LogP contribution >= 0.6 is 11.6 Å². The number of sulfone groups is 1. The van der Waals surface area contributed by atoms with E-state index in [-0.39, 0.29) is 12.0 Å². The minimum Gasteiger partial charge on any atom is -0.316 e. The van der Waals surface area contributed by atoms with Gasteiger partial charge in [-0.3, -0.25) is 0 Å². The van der Waals surface area contributed by atoms with Crippen LogP contribution in [0, 0.1) is 12.8 Å². The predicted octanol–water partition coefficient (Wildman–Crippen LogP) is 2.21. The molecule has 106 valence electrons. The van der Waals surface area contributed by atoms with Crippen LogP contribution in [0.2, 0.25) is 5.02 Å². The van der Waals surface area contributed by atoms with E-state index < -0.39 is 9.84 Å². The van der Waals surface area contributed by atoms with Crippen LogP contribution in [0.5, 0.6) is 0 Å². The van der Waals surface area contributed by atoms with E-state index in [2.05, 4.69) is 5.32 Å². The summed E-state index contributed by atoms with van der Waals surface area (Å²) in [7, 11) is -0.946. The molecule has 1 aliphatic heterocycles. The predicted molar refractivity (Wildman–Crippen MR) is 79.5 cm³/mol. The number of nitrogens with one attached hydrogen (secondary N) is 1. The van der Waals surface area contributed by atoms with E-state index in [0.29, 0.717) is 11.5 Å². The van der Waals surface area contributed by atoms with E-state index in [1.165, 1.54) is 0 Å². The van der Waals surface area contributed by atoms with Crippen LogP contribution in [0.1, 0.15) is 17.5 Å². The molecule has 0 aromatic heterocycles. The molecule has 1 saturated heterocycles. The standard InChI is InChI=1S/C14H20ClNO2S/c1-10-3-4-11(13(15)7-10)8-14(16-2)12-5-6-19(17,18)9-12/h3-4,7,12,14,16H,5-6,8-9H2,1-2H3. The Kier molecular flexibility index (Phi) is 4.54. The summed E-state index contributed by atoms with van der Waals surface area (Å²) in [5.74, 6) is 0.798. The maximum atomic E-state index is 11.6. The summed E-state index contributed by atoms with van der Waals surface area (Å²) in [6.07, 6.45) is 1.52. The Morgan fingerprint density at radius 1 is 1.47 bits per heavy atom. The van der Waals surface area contributed by atoms with Crippen LogP contribution in [0.4, 0.5) is 0 Å². The van der Waals surface area contributed by atoms with Crippen LogP contribution in [-0.4, -0.2) is 33.0 Å². The molecule has 0 bridgehead atoms. The molecule has 2 atom stereocenters. The number of hydrogen-bond donors (Lipinski definition) is 1. The largest absolute Gasteiger partial charge is 0.316 e. The third kappa shape index (κ3) is 3.71.